The van der Waals surface area contributed by atoms with Gasteiger partial charge in [-0.3, -0.25) is 9.67 Å². The highest BCUT2D eigenvalue weighted by Gasteiger charge is 2.25. The van der Waals surface area contributed by atoms with Gasteiger partial charge in [0.05, 0.1) is 40.4 Å². The van der Waals surface area contributed by atoms with Crippen molar-refractivity contribution in [2.75, 3.05) is 0 Å². The van der Waals surface area contributed by atoms with E-state index in [9.17, 15) is 0 Å². The predicted octanol–water partition coefficient (Wildman–Crippen LogP) is 4.14. The van der Waals surface area contributed by atoms with Crippen LogP contribution in [0.3, 0.4) is 0 Å². The second-order valence-corrected chi connectivity index (χ2v) is 7.56. The van der Waals surface area contributed by atoms with E-state index in [2.05, 4.69) is 21.3 Å². The summed E-state index contributed by atoms with van der Waals surface area (Å²) in [6, 6.07) is 7.83. The fourth-order valence-electron chi connectivity index (χ4n) is 3.80. The molecular weight excluding hydrogens is 388 g/mol. The van der Waals surface area contributed by atoms with Gasteiger partial charge in [0.1, 0.15) is 23.6 Å². The number of ether oxygens (including phenoxy) is 1. The molecule has 0 bridgehead atoms. The van der Waals surface area contributed by atoms with Crippen LogP contribution in [-0.4, -0.2) is 24.5 Å². The summed E-state index contributed by atoms with van der Waals surface area (Å²) in [7, 11) is 1.87. The molecule has 0 saturated carbocycles. The van der Waals surface area contributed by atoms with Gasteiger partial charge in [0.25, 0.3) is 0 Å². The fourth-order valence-corrected chi connectivity index (χ4v) is 4.01. The van der Waals surface area contributed by atoms with E-state index in [4.69, 9.17) is 21.6 Å². The SMILES string of the molecule is Cn1cc(-n2ncc3cc(Cl)c(OC4CCCc5cc(C#N)cnc54)cc32)cn1. The van der Waals surface area contributed by atoms with Gasteiger partial charge in [0.2, 0.25) is 0 Å². The second-order valence-electron chi connectivity index (χ2n) is 7.15. The maximum absolute atomic E-state index is 9.13. The van der Waals surface area contributed by atoms with Gasteiger partial charge in [-0.2, -0.15) is 15.5 Å². The average Bonchev–Trinajstić information content (AvgIpc) is 3.33. The zero-order valence-corrected chi connectivity index (χ0v) is 16.5. The molecule has 1 aromatic carbocycles. The molecule has 5 rings (SSSR count). The number of hydrogen-bond acceptors (Lipinski definition) is 5. The van der Waals surface area contributed by atoms with Crippen molar-refractivity contribution in [1.82, 2.24) is 24.5 Å². The monoisotopic (exact) mass is 404 g/mol. The number of hydrogen-bond donors (Lipinski definition) is 0. The Morgan fingerprint density at radius 1 is 1.21 bits per heavy atom. The van der Waals surface area contributed by atoms with E-state index in [0.717, 1.165) is 47.1 Å². The molecule has 3 aromatic heterocycles. The smallest absolute Gasteiger partial charge is 0.141 e. The maximum Gasteiger partial charge on any atom is 0.141 e. The van der Waals surface area contributed by atoms with Crippen LogP contribution in [-0.2, 0) is 13.5 Å². The number of nitriles is 1. The minimum Gasteiger partial charge on any atom is -0.482 e. The van der Waals surface area contributed by atoms with Crippen molar-refractivity contribution >= 4 is 22.5 Å². The molecule has 29 heavy (non-hydrogen) atoms. The number of nitrogens with zero attached hydrogens (tertiary/aromatic N) is 6. The predicted molar refractivity (Wildman–Crippen MR) is 108 cm³/mol. The maximum atomic E-state index is 9.13. The first-order valence-corrected chi connectivity index (χ1v) is 9.72. The third-order valence-corrected chi connectivity index (χ3v) is 5.47. The van der Waals surface area contributed by atoms with E-state index >= 15 is 0 Å². The second kappa shape index (κ2) is 6.90. The van der Waals surface area contributed by atoms with E-state index in [-0.39, 0.29) is 6.10 Å². The molecule has 0 spiro atoms. The standard InChI is InChI=1S/C21H17ClN6O/c1-27-12-16(11-25-27)28-18-7-20(17(22)6-15(18)10-26-28)29-19-4-2-3-14-5-13(8-23)9-24-21(14)19/h5-7,9-12,19H,2-4H2,1H3. The van der Waals surface area contributed by atoms with Crippen LogP contribution >= 0.6 is 11.6 Å². The van der Waals surface area contributed by atoms with E-state index in [0.29, 0.717) is 16.3 Å². The summed E-state index contributed by atoms with van der Waals surface area (Å²) >= 11 is 6.51. The van der Waals surface area contributed by atoms with Gasteiger partial charge in [-0.25, -0.2) is 4.68 Å². The zero-order chi connectivity index (χ0) is 20.0. The number of halogens is 1. The van der Waals surface area contributed by atoms with Gasteiger partial charge >= 0.3 is 0 Å². The quantitative estimate of drug-likeness (QED) is 0.512. The van der Waals surface area contributed by atoms with Crippen LogP contribution in [0.5, 0.6) is 5.75 Å². The molecule has 0 saturated heterocycles. The third kappa shape index (κ3) is 3.12. The number of aromatic nitrogens is 5. The molecule has 1 aliphatic carbocycles. The van der Waals surface area contributed by atoms with Crippen molar-refractivity contribution in [3.8, 4) is 17.5 Å². The Morgan fingerprint density at radius 3 is 2.90 bits per heavy atom. The van der Waals surface area contributed by atoms with E-state index in [1.165, 1.54) is 0 Å². The minimum atomic E-state index is -0.198. The Bertz CT molecular complexity index is 1270. The lowest BCUT2D eigenvalue weighted by molar-refractivity contribution is 0.178. The number of rotatable bonds is 3. The molecule has 8 heteroatoms. The molecule has 7 nitrogen and oxygen atoms in total. The lowest BCUT2D eigenvalue weighted by Gasteiger charge is -2.25. The van der Waals surface area contributed by atoms with E-state index < -0.39 is 0 Å². The van der Waals surface area contributed by atoms with E-state index in [1.54, 1.807) is 23.3 Å². The van der Waals surface area contributed by atoms with Crippen LogP contribution in [0.25, 0.3) is 16.6 Å². The fraction of sp³-hybridized carbons (Fsp3) is 0.238. The summed E-state index contributed by atoms with van der Waals surface area (Å²) in [5.74, 6) is 0.591. The summed E-state index contributed by atoms with van der Waals surface area (Å²) < 4.78 is 9.87. The molecule has 0 N–H and O–H groups in total. The van der Waals surface area contributed by atoms with Crippen molar-refractivity contribution < 1.29 is 4.74 Å². The van der Waals surface area contributed by atoms with Gasteiger partial charge in [-0.15, -0.1) is 0 Å². The first-order chi connectivity index (χ1) is 14.1. The van der Waals surface area contributed by atoms with Crippen molar-refractivity contribution in [1.29, 1.82) is 5.26 Å². The van der Waals surface area contributed by atoms with Gasteiger partial charge in [-0.1, -0.05) is 11.6 Å². The molecule has 4 aromatic rings. The Balaban J connectivity index is 1.53. The molecule has 0 amide bonds. The van der Waals surface area contributed by atoms with Crippen LogP contribution in [0.15, 0.2) is 43.0 Å². The number of pyridine rings is 1. The molecule has 1 aliphatic rings. The Morgan fingerprint density at radius 2 is 2.10 bits per heavy atom. The summed E-state index contributed by atoms with van der Waals surface area (Å²) in [6.07, 6.45) is 9.56. The first kappa shape index (κ1) is 17.7. The summed E-state index contributed by atoms with van der Waals surface area (Å²) in [5, 5.41) is 19.3. The van der Waals surface area contributed by atoms with Gasteiger partial charge < -0.3 is 4.74 Å². The topological polar surface area (TPSA) is 81.5 Å². The lowest BCUT2D eigenvalue weighted by atomic mass is 9.93. The highest BCUT2D eigenvalue weighted by atomic mass is 35.5. The molecule has 1 unspecified atom stereocenters. The average molecular weight is 405 g/mol. The lowest BCUT2D eigenvalue weighted by Crippen LogP contribution is -2.17. The van der Waals surface area contributed by atoms with Crippen molar-refractivity contribution in [3.63, 3.8) is 0 Å². The Kier molecular flexibility index (Phi) is 4.22. The third-order valence-electron chi connectivity index (χ3n) is 5.17. The molecule has 0 aliphatic heterocycles. The van der Waals surface area contributed by atoms with Gasteiger partial charge in [0, 0.05) is 24.7 Å². The number of benzene rings is 1. The zero-order valence-electron chi connectivity index (χ0n) is 15.7. The van der Waals surface area contributed by atoms with Crippen LogP contribution in [0.2, 0.25) is 5.02 Å². The van der Waals surface area contributed by atoms with Gasteiger partial charge in [0.15, 0.2) is 0 Å². The van der Waals surface area contributed by atoms with Gasteiger partial charge in [-0.05, 0) is 37.0 Å². The highest BCUT2D eigenvalue weighted by Crippen LogP contribution is 2.37. The summed E-state index contributed by atoms with van der Waals surface area (Å²) in [4.78, 5) is 4.50. The summed E-state index contributed by atoms with van der Waals surface area (Å²) in [5.41, 5.74) is 4.28. The largest absolute Gasteiger partial charge is 0.482 e. The Labute approximate surface area is 172 Å². The molecule has 144 valence electrons. The van der Waals surface area contributed by atoms with Crippen LogP contribution in [0, 0.1) is 11.3 Å². The van der Waals surface area contributed by atoms with E-state index in [1.807, 2.05) is 36.1 Å². The molecule has 1 atom stereocenters. The van der Waals surface area contributed by atoms with Crippen molar-refractivity contribution in [3.05, 3.63) is 64.8 Å². The summed E-state index contributed by atoms with van der Waals surface area (Å²) in [6.45, 7) is 0. The van der Waals surface area contributed by atoms with Crippen LogP contribution in [0.4, 0.5) is 0 Å². The molecule has 0 radical (unpaired) electrons. The first-order valence-electron chi connectivity index (χ1n) is 9.34. The van der Waals surface area contributed by atoms with Crippen molar-refractivity contribution in [2.45, 2.75) is 25.4 Å². The van der Waals surface area contributed by atoms with Crippen LogP contribution < -0.4 is 4.74 Å². The number of aryl methyl sites for hydroxylation is 2. The molecular formula is C21H17ClN6O. The molecule has 3 heterocycles. The normalized spacial score (nSPS) is 15.8. The molecule has 0 fully saturated rings. The number of fused-ring (bicyclic) bond motifs is 2. The van der Waals surface area contributed by atoms with Crippen LogP contribution in [0.1, 0.15) is 35.8 Å². The minimum absolute atomic E-state index is 0.198. The van der Waals surface area contributed by atoms with Crippen molar-refractivity contribution in [2.24, 2.45) is 7.05 Å². The Hall–Kier alpha value is -3.37. The highest BCUT2D eigenvalue weighted by molar-refractivity contribution is 6.32.